The Kier molecular flexibility index (Phi) is 4.93. The van der Waals surface area contributed by atoms with Gasteiger partial charge >= 0.3 is 0 Å². The van der Waals surface area contributed by atoms with E-state index in [1.165, 1.54) is 6.42 Å². The first kappa shape index (κ1) is 12.9. The number of hydrogen-bond donors (Lipinski definition) is 1. The van der Waals surface area contributed by atoms with Crippen LogP contribution >= 0.6 is 0 Å². The van der Waals surface area contributed by atoms with Crippen molar-refractivity contribution in [2.45, 2.75) is 52.7 Å². The maximum Gasteiger partial charge on any atom is 0.0718 e. The molecule has 80 valence electrons. The summed E-state index contributed by atoms with van der Waals surface area (Å²) in [7, 11) is 2.07. The smallest absolute Gasteiger partial charge is 0.0718 e. The summed E-state index contributed by atoms with van der Waals surface area (Å²) >= 11 is 0. The fourth-order valence-corrected chi connectivity index (χ4v) is 1.63. The topological polar surface area (TPSA) is 23.5 Å². The van der Waals surface area contributed by atoms with E-state index in [-0.39, 0.29) is 0 Å². The Morgan fingerprint density at radius 1 is 1.23 bits per heavy atom. The third-order valence-corrected chi connectivity index (χ3v) is 2.20. The van der Waals surface area contributed by atoms with Crippen LogP contribution in [-0.2, 0) is 0 Å². The van der Waals surface area contributed by atoms with Gasteiger partial charge in [0.05, 0.1) is 5.60 Å². The molecule has 0 saturated heterocycles. The van der Waals surface area contributed by atoms with Crippen molar-refractivity contribution in [3.63, 3.8) is 0 Å². The molecule has 0 aromatic heterocycles. The summed E-state index contributed by atoms with van der Waals surface area (Å²) < 4.78 is 0. The molecular weight excluding hydrogens is 162 g/mol. The lowest BCUT2D eigenvalue weighted by atomic mass is 10.0. The molecule has 0 aromatic rings. The van der Waals surface area contributed by atoms with Gasteiger partial charge in [-0.15, -0.1) is 0 Å². The molecule has 0 radical (unpaired) electrons. The van der Waals surface area contributed by atoms with Gasteiger partial charge < -0.3 is 10.0 Å². The van der Waals surface area contributed by atoms with Gasteiger partial charge in [-0.05, 0) is 40.2 Å². The largest absolute Gasteiger partial charge is 0.389 e. The van der Waals surface area contributed by atoms with Crippen LogP contribution in [0.25, 0.3) is 0 Å². The van der Waals surface area contributed by atoms with Gasteiger partial charge in [0, 0.05) is 12.6 Å². The summed E-state index contributed by atoms with van der Waals surface area (Å²) in [6.45, 7) is 11.1. The zero-order valence-electron chi connectivity index (χ0n) is 9.96. The Hall–Kier alpha value is -0.0800. The molecule has 13 heavy (non-hydrogen) atoms. The van der Waals surface area contributed by atoms with E-state index in [0.717, 1.165) is 12.5 Å². The molecule has 2 nitrogen and oxygen atoms in total. The average Bonchev–Trinajstić information content (AvgIpc) is 1.81. The molecule has 1 atom stereocenters. The minimum Gasteiger partial charge on any atom is -0.389 e. The van der Waals surface area contributed by atoms with Gasteiger partial charge in [0.1, 0.15) is 0 Å². The van der Waals surface area contributed by atoms with Gasteiger partial charge in [-0.2, -0.15) is 0 Å². The van der Waals surface area contributed by atoms with Crippen LogP contribution in [0.1, 0.15) is 41.0 Å². The van der Waals surface area contributed by atoms with Crippen molar-refractivity contribution in [3.05, 3.63) is 0 Å². The molecule has 0 aliphatic carbocycles. The minimum absolute atomic E-state index is 0.548. The molecule has 0 amide bonds. The van der Waals surface area contributed by atoms with Crippen LogP contribution in [-0.4, -0.2) is 35.2 Å². The van der Waals surface area contributed by atoms with Gasteiger partial charge in [-0.1, -0.05) is 13.8 Å². The zero-order chi connectivity index (χ0) is 10.6. The highest BCUT2D eigenvalue weighted by atomic mass is 16.3. The second kappa shape index (κ2) is 4.97. The number of rotatable bonds is 5. The van der Waals surface area contributed by atoms with E-state index in [2.05, 4.69) is 32.7 Å². The van der Waals surface area contributed by atoms with Crippen molar-refractivity contribution >= 4 is 0 Å². The summed E-state index contributed by atoms with van der Waals surface area (Å²) in [6.07, 6.45) is 1.19. The molecule has 0 rings (SSSR count). The van der Waals surface area contributed by atoms with Crippen molar-refractivity contribution in [2.75, 3.05) is 13.6 Å². The van der Waals surface area contributed by atoms with Gasteiger partial charge in [-0.3, -0.25) is 0 Å². The monoisotopic (exact) mass is 187 g/mol. The maximum absolute atomic E-state index is 9.63. The molecule has 0 heterocycles. The van der Waals surface area contributed by atoms with Crippen molar-refractivity contribution in [2.24, 2.45) is 5.92 Å². The predicted octanol–water partition coefficient (Wildman–Crippen LogP) is 2.12. The van der Waals surface area contributed by atoms with Crippen LogP contribution in [0.15, 0.2) is 0 Å². The van der Waals surface area contributed by atoms with Gasteiger partial charge in [0.25, 0.3) is 0 Å². The van der Waals surface area contributed by atoms with Gasteiger partial charge in [-0.25, -0.2) is 0 Å². The Morgan fingerprint density at radius 3 is 2.00 bits per heavy atom. The third kappa shape index (κ3) is 7.03. The Morgan fingerprint density at radius 2 is 1.69 bits per heavy atom. The lowest BCUT2D eigenvalue weighted by Crippen LogP contribution is -2.41. The van der Waals surface area contributed by atoms with E-state index >= 15 is 0 Å². The molecule has 0 fully saturated rings. The number of hydrogen-bond acceptors (Lipinski definition) is 2. The first-order valence-electron chi connectivity index (χ1n) is 5.15. The zero-order valence-corrected chi connectivity index (χ0v) is 9.96. The van der Waals surface area contributed by atoms with Gasteiger partial charge in [0.15, 0.2) is 0 Å². The highest BCUT2D eigenvalue weighted by Gasteiger charge is 2.19. The fraction of sp³-hybridized carbons (Fsp3) is 1.00. The van der Waals surface area contributed by atoms with Crippen LogP contribution in [0.5, 0.6) is 0 Å². The second-order valence-corrected chi connectivity index (χ2v) is 5.21. The molecule has 2 heteroatoms. The van der Waals surface area contributed by atoms with Crippen LogP contribution in [0.4, 0.5) is 0 Å². The molecule has 1 N–H and O–H groups in total. The van der Waals surface area contributed by atoms with Crippen molar-refractivity contribution in [1.82, 2.24) is 4.90 Å². The average molecular weight is 187 g/mol. The molecular formula is C11H25NO. The predicted molar refractivity (Wildman–Crippen MR) is 57.8 cm³/mol. The van der Waals surface area contributed by atoms with Crippen LogP contribution in [0.2, 0.25) is 0 Å². The van der Waals surface area contributed by atoms with E-state index in [9.17, 15) is 5.11 Å². The minimum atomic E-state index is -0.583. The highest BCUT2D eigenvalue weighted by Crippen LogP contribution is 2.12. The Bertz CT molecular complexity index is 138. The maximum atomic E-state index is 9.63. The van der Waals surface area contributed by atoms with Crippen molar-refractivity contribution < 1.29 is 5.11 Å². The molecule has 0 aliphatic rings. The fourth-order valence-electron chi connectivity index (χ4n) is 1.63. The molecule has 0 saturated carbocycles. The number of aliphatic hydroxyl groups is 1. The molecule has 1 unspecified atom stereocenters. The van der Waals surface area contributed by atoms with E-state index in [0.29, 0.717) is 6.04 Å². The standard InChI is InChI=1S/C11H25NO/c1-9(2)7-10(3)12(6)8-11(4,5)13/h9-10,13H,7-8H2,1-6H3. The molecule has 0 aliphatic heterocycles. The SMILES string of the molecule is CC(C)CC(C)N(C)CC(C)(C)O. The lowest BCUT2D eigenvalue weighted by Gasteiger charge is -2.31. The lowest BCUT2D eigenvalue weighted by molar-refractivity contribution is 0.0308. The molecule has 0 aromatic carbocycles. The number of nitrogens with zero attached hydrogens (tertiary/aromatic N) is 1. The summed E-state index contributed by atoms with van der Waals surface area (Å²) in [5.74, 6) is 0.722. The van der Waals surface area contributed by atoms with Crippen LogP contribution in [0, 0.1) is 5.92 Å². The Balaban J connectivity index is 3.89. The van der Waals surface area contributed by atoms with Crippen LogP contribution in [0.3, 0.4) is 0 Å². The summed E-state index contributed by atoms with van der Waals surface area (Å²) in [5.41, 5.74) is -0.583. The molecule has 0 spiro atoms. The van der Waals surface area contributed by atoms with Crippen molar-refractivity contribution in [1.29, 1.82) is 0 Å². The first-order chi connectivity index (χ1) is 5.72. The van der Waals surface area contributed by atoms with Gasteiger partial charge in [0.2, 0.25) is 0 Å². The number of likely N-dealkylation sites (N-methyl/N-ethyl adjacent to an activating group) is 1. The first-order valence-corrected chi connectivity index (χ1v) is 5.15. The van der Waals surface area contributed by atoms with E-state index in [4.69, 9.17) is 0 Å². The molecule has 0 bridgehead atoms. The van der Waals surface area contributed by atoms with E-state index in [1.54, 1.807) is 0 Å². The summed E-state index contributed by atoms with van der Waals surface area (Å²) in [6, 6.07) is 0.548. The van der Waals surface area contributed by atoms with Crippen molar-refractivity contribution in [3.8, 4) is 0 Å². The van der Waals surface area contributed by atoms with E-state index in [1.807, 2.05) is 13.8 Å². The quantitative estimate of drug-likeness (QED) is 0.712. The third-order valence-electron chi connectivity index (χ3n) is 2.20. The summed E-state index contributed by atoms with van der Waals surface area (Å²) in [5, 5.41) is 9.63. The summed E-state index contributed by atoms with van der Waals surface area (Å²) in [4.78, 5) is 2.22. The second-order valence-electron chi connectivity index (χ2n) is 5.21. The normalized spacial score (nSPS) is 15.5. The van der Waals surface area contributed by atoms with E-state index < -0.39 is 5.60 Å². The Labute approximate surface area is 82.9 Å². The van der Waals surface area contributed by atoms with Crippen LogP contribution < -0.4 is 0 Å². The highest BCUT2D eigenvalue weighted by molar-refractivity contribution is 4.74.